The number of nitrogens with one attached hydrogen (secondary N) is 1. The van der Waals surface area contributed by atoms with Crippen molar-refractivity contribution in [1.82, 2.24) is 15.0 Å². The lowest BCUT2D eigenvalue weighted by atomic mass is 9.91. The van der Waals surface area contributed by atoms with Gasteiger partial charge in [0, 0.05) is 33.3 Å². The van der Waals surface area contributed by atoms with Gasteiger partial charge in [0.25, 0.3) is 0 Å². The van der Waals surface area contributed by atoms with Crippen molar-refractivity contribution in [2.75, 3.05) is 42.5 Å². The van der Waals surface area contributed by atoms with E-state index in [9.17, 15) is 0 Å². The molecule has 0 unspecified atom stereocenters. The number of nitrogen functional groups attached to an aromatic ring is 1. The number of hydrazine groups is 1. The van der Waals surface area contributed by atoms with Crippen LogP contribution in [0.25, 0.3) is 0 Å². The highest BCUT2D eigenvalue weighted by molar-refractivity contribution is 5.45. The lowest BCUT2D eigenvalue weighted by Crippen LogP contribution is -2.42. The second-order valence-corrected chi connectivity index (χ2v) is 5.15. The summed E-state index contributed by atoms with van der Waals surface area (Å²) >= 11 is 0. The average Bonchev–Trinajstić information content (AvgIpc) is 2.40. The molecule has 112 valence electrons. The summed E-state index contributed by atoms with van der Waals surface area (Å²) in [6.07, 6.45) is 4.21. The Bertz CT molecular complexity index is 436. The molecule has 0 saturated heterocycles. The molecule has 1 saturated carbocycles. The topological polar surface area (TPSA) is 103 Å². The Balaban J connectivity index is 2.27. The first-order valence-electron chi connectivity index (χ1n) is 6.93. The molecule has 8 heteroatoms. The van der Waals surface area contributed by atoms with E-state index in [-0.39, 0.29) is 6.61 Å². The third-order valence-electron chi connectivity index (χ3n) is 3.47. The van der Waals surface area contributed by atoms with Crippen molar-refractivity contribution >= 4 is 17.8 Å². The molecule has 0 radical (unpaired) electrons. The molecule has 0 aliphatic heterocycles. The zero-order chi connectivity index (χ0) is 14.5. The highest BCUT2D eigenvalue weighted by Crippen LogP contribution is 2.28. The van der Waals surface area contributed by atoms with Crippen molar-refractivity contribution in [3.05, 3.63) is 0 Å². The molecule has 0 amide bonds. The fraction of sp³-hybridized carbons (Fsp3) is 0.750. The van der Waals surface area contributed by atoms with Crippen molar-refractivity contribution in [2.45, 2.75) is 31.7 Å². The van der Waals surface area contributed by atoms with Crippen molar-refractivity contribution in [1.29, 1.82) is 0 Å². The minimum absolute atomic E-state index is 0.164. The molecule has 1 aromatic heterocycles. The predicted octanol–water partition coefficient (Wildman–Crippen LogP) is -0.0355. The minimum Gasteiger partial charge on any atom is -0.396 e. The SMILES string of the molecule is CN(C)c1nc(NN)nc(N(CCCO)C2CCC2)n1. The van der Waals surface area contributed by atoms with Crippen LogP contribution in [0.2, 0.25) is 0 Å². The Hall–Kier alpha value is -1.67. The number of nitrogens with two attached hydrogens (primary N) is 1. The maximum atomic E-state index is 9.06. The van der Waals surface area contributed by atoms with Gasteiger partial charge in [-0.05, 0) is 25.7 Å². The summed E-state index contributed by atoms with van der Waals surface area (Å²) < 4.78 is 0. The van der Waals surface area contributed by atoms with Crippen LogP contribution in [0.4, 0.5) is 17.8 Å². The lowest BCUT2D eigenvalue weighted by molar-refractivity contribution is 0.282. The Morgan fingerprint density at radius 3 is 2.45 bits per heavy atom. The van der Waals surface area contributed by atoms with E-state index in [0.717, 1.165) is 19.4 Å². The number of hydrogen-bond donors (Lipinski definition) is 3. The summed E-state index contributed by atoms with van der Waals surface area (Å²) in [7, 11) is 3.75. The lowest BCUT2D eigenvalue weighted by Gasteiger charge is -2.37. The van der Waals surface area contributed by atoms with Crippen LogP contribution in [0.15, 0.2) is 0 Å². The fourth-order valence-corrected chi connectivity index (χ4v) is 2.13. The van der Waals surface area contributed by atoms with Gasteiger partial charge in [0.05, 0.1) is 0 Å². The van der Waals surface area contributed by atoms with E-state index in [1.54, 1.807) is 0 Å². The van der Waals surface area contributed by atoms with Crippen LogP contribution in [0.3, 0.4) is 0 Å². The molecule has 20 heavy (non-hydrogen) atoms. The van der Waals surface area contributed by atoms with Gasteiger partial charge in [0.15, 0.2) is 0 Å². The molecule has 2 rings (SSSR count). The minimum atomic E-state index is 0.164. The largest absolute Gasteiger partial charge is 0.396 e. The van der Waals surface area contributed by atoms with Crippen LogP contribution in [0.5, 0.6) is 0 Å². The molecular weight excluding hydrogens is 258 g/mol. The maximum Gasteiger partial charge on any atom is 0.243 e. The normalized spacial score (nSPS) is 14.8. The van der Waals surface area contributed by atoms with Gasteiger partial charge in [-0.25, -0.2) is 5.84 Å². The fourth-order valence-electron chi connectivity index (χ4n) is 2.13. The number of nitrogens with zero attached hydrogens (tertiary/aromatic N) is 5. The van der Waals surface area contributed by atoms with E-state index < -0.39 is 0 Å². The molecule has 8 nitrogen and oxygen atoms in total. The van der Waals surface area contributed by atoms with Crippen LogP contribution >= 0.6 is 0 Å². The molecule has 1 aliphatic rings. The van der Waals surface area contributed by atoms with Crippen molar-refractivity contribution in [2.24, 2.45) is 5.84 Å². The molecule has 1 heterocycles. The molecule has 0 spiro atoms. The Morgan fingerprint density at radius 2 is 1.95 bits per heavy atom. The number of aliphatic hydroxyl groups excluding tert-OH is 1. The third kappa shape index (κ3) is 3.26. The van der Waals surface area contributed by atoms with Crippen LogP contribution in [0, 0.1) is 0 Å². The van der Waals surface area contributed by atoms with Crippen molar-refractivity contribution in [3.63, 3.8) is 0 Å². The molecule has 1 aromatic rings. The van der Waals surface area contributed by atoms with Crippen LogP contribution < -0.4 is 21.1 Å². The molecular formula is C12H23N7O. The number of aromatic nitrogens is 3. The number of hydrogen-bond acceptors (Lipinski definition) is 8. The van der Waals surface area contributed by atoms with Gasteiger partial charge in [-0.3, -0.25) is 5.43 Å². The number of aliphatic hydroxyl groups is 1. The van der Waals surface area contributed by atoms with Crippen LogP contribution in [-0.4, -0.2) is 53.3 Å². The van der Waals surface area contributed by atoms with E-state index >= 15 is 0 Å². The van der Waals surface area contributed by atoms with Gasteiger partial charge in [-0.2, -0.15) is 15.0 Å². The Labute approximate surface area is 119 Å². The zero-order valence-electron chi connectivity index (χ0n) is 12.1. The highest BCUT2D eigenvalue weighted by Gasteiger charge is 2.27. The van der Waals surface area contributed by atoms with Crippen molar-refractivity contribution in [3.8, 4) is 0 Å². The summed E-state index contributed by atoms with van der Waals surface area (Å²) in [6.45, 7) is 0.902. The van der Waals surface area contributed by atoms with Gasteiger partial charge < -0.3 is 14.9 Å². The second kappa shape index (κ2) is 6.67. The van der Waals surface area contributed by atoms with Gasteiger partial charge >= 0.3 is 0 Å². The number of rotatable bonds is 7. The Morgan fingerprint density at radius 1 is 1.25 bits per heavy atom. The first kappa shape index (κ1) is 14.7. The maximum absolute atomic E-state index is 9.06. The van der Waals surface area contributed by atoms with Crippen LogP contribution in [-0.2, 0) is 0 Å². The zero-order valence-corrected chi connectivity index (χ0v) is 12.1. The van der Waals surface area contributed by atoms with Gasteiger partial charge in [0.1, 0.15) is 0 Å². The first-order chi connectivity index (χ1) is 9.65. The molecule has 0 aromatic carbocycles. The summed E-state index contributed by atoms with van der Waals surface area (Å²) in [5, 5.41) is 9.06. The summed E-state index contributed by atoms with van der Waals surface area (Å²) in [5.41, 5.74) is 2.48. The average molecular weight is 281 g/mol. The van der Waals surface area contributed by atoms with E-state index in [1.165, 1.54) is 6.42 Å². The van der Waals surface area contributed by atoms with E-state index in [0.29, 0.717) is 30.3 Å². The first-order valence-corrected chi connectivity index (χ1v) is 6.93. The quantitative estimate of drug-likeness (QED) is 0.473. The molecule has 4 N–H and O–H groups in total. The third-order valence-corrected chi connectivity index (χ3v) is 3.47. The second-order valence-electron chi connectivity index (χ2n) is 5.15. The molecule has 0 bridgehead atoms. The molecule has 1 aliphatic carbocycles. The number of anilines is 3. The van der Waals surface area contributed by atoms with E-state index in [2.05, 4.69) is 25.3 Å². The monoisotopic (exact) mass is 281 g/mol. The van der Waals surface area contributed by atoms with Gasteiger partial charge in [-0.15, -0.1) is 0 Å². The van der Waals surface area contributed by atoms with Gasteiger partial charge in [0.2, 0.25) is 17.8 Å². The van der Waals surface area contributed by atoms with Crippen LogP contribution in [0.1, 0.15) is 25.7 Å². The van der Waals surface area contributed by atoms with E-state index in [4.69, 9.17) is 10.9 Å². The van der Waals surface area contributed by atoms with E-state index in [1.807, 2.05) is 19.0 Å². The molecule has 0 atom stereocenters. The summed E-state index contributed by atoms with van der Waals surface area (Å²) in [4.78, 5) is 17.0. The standard InChI is InChI=1S/C12H23N7O/c1-18(2)11-14-10(17-13)15-12(16-11)19(7-4-8-20)9-5-3-6-9/h9,20H,3-8,13H2,1-2H3,(H,14,15,16,17). The van der Waals surface area contributed by atoms with Crippen molar-refractivity contribution < 1.29 is 5.11 Å². The Kier molecular flexibility index (Phi) is 4.91. The molecule has 1 fully saturated rings. The summed E-state index contributed by atoms with van der Waals surface area (Å²) in [5.74, 6) is 6.97. The predicted molar refractivity (Wildman–Crippen MR) is 78.7 cm³/mol. The smallest absolute Gasteiger partial charge is 0.243 e. The van der Waals surface area contributed by atoms with Gasteiger partial charge in [-0.1, -0.05) is 0 Å². The summed E-state index contributed by atoms with van der Waals surface area (Å²) in [6, 6.07) is 0.449. The highest BCUT2D eigenvalue weighted by atomic mass is 16.3.